The molecule has 0 unspecified atom stereocenters. The average molecular weight is 402 g/mol. The maximum absolute atomic E-state index is 12.2. The number of fused-ring (bicyclic) bond motifs is 2. The number of hydrogen-bond donors (Lipinski definition) is 0. The molecule has 6 aromatic rings. The lowest BCUT2D eigenvalue weighted by Gasteiger charge is -2.16. The minimum atomic E-state index is -0.707. The number of ether oxygens (including phenoxy) is 2. The molecule has 0 saturated heterocycles. The van der Waals surface area contributed by atoms with E-state index in [1.54, 1.807) is 12.1 Å². The van der Waals surface area contributed by atoms with Crippen molar-refractivity contribution in [3.05, 3.63) is 103 Å². The molecule has 0 amide bonds. The van der Waals surface area contributed by atoms with Gasteiger partial charge in [-0.25, -0.2) is 4.79 Å². The number of carbonyl (C=O) groups is 1. The first kappa shape index (κ1) is 17.7. The van der Waals surface area contributed by atoms with Crippen LogP contribution in [0, 0.1) is 0 Å². The van der Waals surface area contributed by atoms with Gasteiger partial charge in [0.2, 0.25) is 0 Å². The Morgan fingerprint density at radius 1 is 0.581 bits per heavy atom. The highest BCUT2D eigenvalue weighted by Gasteiger charge is 2.15. The van der Waals surface area contributed by atoms with E-state index in [0.717, 1.165) is 10.9 Å². The summed E-state index contributed by atoms with van der Waals surface area (Å²) in [5.74, 6) is 0.467. The Morgan fingerprint density at radius 3 is 1.94 bits per heavy atom. The Morgan fingerprint density at radius 2 is 1.19 bits per heavy atom. The monoisotopic (exact) mass is 402 g/mol. The highest BCUT2D eigenvalue weighted by molar-refractivity contribution is 6.33. The van der Waals surface area contributed by atoms with E-state index in [4.69, 9.17) is 9.47 Å². The largest absolute Gasteiger partial charge is 0.514 e. The molecule has 3 heteroatoms. The number of carbonyl (C=O) groups excluding carboxylic acids is 1. The summed E-state index contributed by atoms with van der Waals surface area (Å²) in [7, 11) is 0. The van der Waals surface area contributed by atoms with Crippen molar-refractivity contribution in [3.8, 4) is 5.75 Å². The van der Waals surface area contributed by atoms with E-state index in [1.807, 2.05) is 24.3 Å². The molecular formula is C28H18O3. The number of hydrogen-bond acceptors (Lipinski definition) is 3. The van der Waals surface area contributed by atoms with Crippen LogP contribution in [0.2, 0.25) is 0 Å². The lowest BCUT2D eigenvalue weighted by molar-refractivity contribution is 0.0931. The SMILES string of the molecule is O=C(OCc1ccc2c3cccc4cccc(c5cccc1c52)c43)Oc1ccccc1. The van der Waals surface area contributed by atoms with Crippen LogP contribution in [0.15, 0.2) is 97.1 Å². The zero-order valence-corrected chi connectivity index (χ0v) is 16.7. The van der Waals surface area contributed by atoms with Crippen molar-refractivity contribution in [1.29, 1.82) is 0 Å². The molecule has 148 valence electrons. The summed E-state index contributed by atoms with van der Waals surface area (Å²) >= 11 is 0. The third kappa shape index (κ3) is 2.86. The van der Waals surface area contributed by atoms with Gasteiger partial charge in [0.1, 0.15) is 12.4 Å². The number of para-hydroxylation sites is 1. The summed E-state index contributed by atoms with van der Waals surface area (Å²) in [5.41, 5.74) is 0.956. The second-order valence-electron chi connectivity index (χ2n) is 7.66. The van der Waals surface area contributed by atoms with Gasteiger partial charge in [0, 0.05) is 0 Å². The summed E-state index contributed by atoms with van der Waals surface area (Å²) in [6.07, 6.45) is -0.707. The van der Waals surface area contributed by atoms with Crippen LogP contribution in [0.3, 0.4) is 0 Å². The number of benzene rings is 6. The molecule has 0 aliphatic carbocycles. The molecule has 0 fully saturated rings. The van der Waals surface area contributed by atoms with E-state index < -0.39 is 6.16 Å². The van der Waals surface area contributed by atoms with E-state index in [9.17, 15) is 4.79 Å². The van der Waals surface area contributed by atoms with Crippen molar-refractivity contribution >= 4 is 49.2 Å². The standard InChI is InChI=1S/C28H18O3/c29-28(31-20-9-2-1-3-10-20)30-17-19-15-16-25-23-13-5-8-18-7-4-12-22(26(18)23)24-14-6-11-21(19)27(24)25/h1-16H,17H2. The fourth-order valence-electron chi connectivity index (χ4n) is 4.58. The zero-order chi connectivity index (χ0) is 20.8. The predicted molar refractivity (Wildman–Crippen MR) is 125 cm³/mol. The molecule has 0 aromatic heterocycles. The highest BCUT2D eigenvalue weighted by Crippen LogP contribution is 2.40. The first-order valence-electron chi connectivity index (χ1n) is 10.3. The average Bonchev–Trinajstić information content (AvgIpc) is 2.82. The molecule has 0 spiro atoms. The van der Waals surface area contributed by atoms with Crippen molar-refractivity contribution in [2.45, 2.75) is 6.61 Å². The van der Waals surface area contributed by atoms with Crippen LogP contribution in [0.25, 0.3) is 43.1 Å². The quantitative estimate of drug-likeness (QED) is 0.133. The van der Waals surface area contributed by atoms with Crippen molar-refractivity contribution in [2.75, 3.05) is 0 Å². The van der Waals surface area contributed by atoms with Gasteiger partial charge in [-0.15, -0.1) is 0 Å². The molecule has 0 heterocycles. The second-order valence-corrected chi connectivity index (χ2v) is 7.66. The van der Waals surface area contributed by atoms with Crippen LogP contribution >= 0.6 is 0 Å². The number of rotatable bonds is 3. The normalized spacial score (nSPS) is 11.5. The molecule has 0 atom stereocenters. The van der Waals surface area contributed by atoms with Gasteiger partial charge < -0.3 is 9.47 Å². The molecule has 3 nitrogen and oxygen atoms in total. The van der Waals surface area contributed by atoms with E-state index in [-0.39, 0.29) is 6.61 Å². The highest BCUT2D eigenvalue weighted by atomic mass is 16.7. The summed E-state index contributed by atoms with van der Waals surface area (Å²) in [6, 6.07) is 32.4. The predicted octanol–water partition coefficient (Wildman–Crippen LogP) is 7.45. The van der Waals surface area contributed by atoms with E-state index in [1.165, 1.54) is 37.7 Å². The first-order valence-corrected chi connectivity index (χ1v) is 10.3. The third-order valence-corrected chi connectivity index (χ3v) is 5.91. The minimum absolute atomic E-state index is 0.151. The lowest BCUT2D eigenvalue weighted by Crippen LogP contribution is -2.10. The fourth-order valence-corrected chi connectivity index (χ4v) is 4.58. The molecule has 6 aromatic carbocycles. The Labute approximate surface area is 178 Å². The fraction of sp³-hybridized carbons (Fsp3) is 0.0357. The van der Waals surface area contributed by atoms with Gasteiger partial charge in [-0.1, -0.05) is 84.9 Å². The van der Waals surface area contributed by atoms with Crippen LogP contribution in [0.5, 0.6) is 5.75 Å². The van der Waals surface area contributed by atoms with E-state index in [2.05, 4.69) is 60.7 Å². The molecule has 0 aliphatic heterocycles. The Bertz CT molecular complexity index is 1520. The topological polar surface area (TPSA) is 35.5 Å². The smallest absolute Gasteiger partial charge is 0.429 e. The maximum Gasteiger partial charge on any atom is 0.514 e. The van der Waals surface area contributed by atoms with Gasteiger partial charge >= 0.3 is 6.16 Å². The van der Waals surface area contributed by atoms with Gasteiger partial charge in [-0.05, 0) is 60.8 Å². The van der Waals surface area contributed by atoms with Crippen molar-refractivity contribution in [2.24, 2.45) is 0 Å². The first-order chi connectivity index (χ1) is 15.3. The molecule has 31 heavy (non-hydrogen) atoms. The summed E-state index contributed by atoms with van der Waals surface area (Å²) < 4.78 is 10.7. The van der Waals surface area contributed by atoms with Crippen molar-refractivity contribution < 1.29 is 14.3 Å². The second kappa shape index (κ2) is 6.99. The molecule has 0 aliphatic rings. The Kier molecular flexibility index (Phi) is 4.00. The molecule has 0 radical (unpaired) electrons. The van der Waals surface area contributed by atoms with Crippen LogP contribution in [-0.4, -0.2) is 6.16 Å². The lowest BCUT2D eigenvalue weighted by atomic mass is 9.88. The van der Waals surface area contributed by atoms with Gasteiger partial charge in [-0.2, -0.15) is 0 Å². The third-order valence-electron chi connectivity index (χ3n) is 5.91. The van der Waals surface area contributed by atoms with E-state index in [0.29, 0.717) is 5.75 Å². The van der Waals surface area contributed by atoms with Gasteiger partial charge in [0.05, 0.1) is 0 Å². The summed E-state index contributed by atoms with van der Waals surface area (Å²) in [6.45, 7) is 0.151. The Hall–Kier alpha value is -4.11. The van der Waals surface area contributed by atoms with E-state index >= 15 is 0 Å². The molecule has 6 rings (SSSR count). The minimum Gasteiger partial charge on any atom is -0.429 e. The van der Waals surface area contributed by atoms with Gasteiger partial charge in [-0.3, -0.25) is 0 Å². The van der Waals surface area contributed by atoms with Crippen molar-refractivity contribution in [3.63, 3.8) is 0 Å². The van der Waals surface area contributed by atoms with Crippen molar-refractivity contribution in [1.82, 2.24) is 0 Å². The van der Waals surface area contributed by atoms with Crippen LogP contribution < -0.4 is 4.74 Å². The van der Waals surface area contributed by atoms with Crippen LogP contribution in [0.1, 0.15) is 5.56 Å². The van der Waals surface area contributed by atoms with Crippen LogP contribution in [0.4, 0.5) is 4.79 Å². The molecule has 0 saturated carbocycles. The Balaban J connectivity index is 1.45. The van der Waals surface area contributed by atoms with Crippen LogP contribution in [-0.2, 0) is 11.3 Å². The van der Waals surface area contributed by atoms with Gasteiger partial charge in [0.15, 0.2) is 0 Å². The summed E-state index contributed by atoms with van der Waals surface area (Å²) in [4.78, 5) is 12.2. The zero-order valence-electron chi connectivity index (χ0n) is 16.7. The van der Waals surface area contributed by atoms with Gasteiger partial charge in [0.25, 0.3) is 0 Å². The molecule has 0 N–H and O–H groups in total. The summed E-state index contributed by atoms with van der Waals surface area (Å²) in [5, 5.41) is 9.74. The maximum atomic E-state index is 12.2. The molecular weight excluding hydrogens is 384 g/mol. The molecule has 0 bridgehead atoms.